The second-order valence-electron chi connectivity index (χ2n) is 7.73. The molecule has 5 heteroatoms. The van der Waals surface area contributed by atoms with Crippen LogP contribution in [0.2, 0.25) is 0 Å². The molecule has 0 spiro atoms. The van der Waals surface area contributed by atoms with Gasteiger partial charge in [0.25, 0.3) is 5.91 Å². The number of imide groups is 1. The average Bonchev–Trinajstić information content (AvgIpc) is 3.41. The number of amides is 3. The van der Waals surface area contributed by atoms with Gasteiger partial charge in [0.1, 0.15) is 0 Å². The molecule has 1 N–H and O–H groups in total. The summed E-state index contributed by atoms with van der Waals surface area (Å²) in [5.74, 6) is -0.618. The van der Waals surface area contributed by atoms with E-state index in [1.807, 2.05) is 30.3 Å². The van der Waals surface area contributed by atoms with Gasteiger partial charge in [-0.15, -0.1) is 0 Å². The molecule has 5 rings (SSSR count). The number of allylic oxidation sites excluding steroid dienone is 2. The molecule has 28 heavy (non-hydrogen) atoms. The van der Waals surface area contributed by atoms with Gasteiger partial charge in [-0.2, -0.15) is 0 Å². The van der Waals surface area contributed by atoms with Gasteiger partial charge >= 0.3 is 0 Å². The Kier molecular flexibility index (Phi) is 3.90. The minimum Gasteiger partial charge on any atom is -0.348 e. The molecule has 3 aliphatic rings. The van der Waals surface area contributed by atoms with Crippen molar-refractivity contribution in [2.24, 2.45) is 23.7 Å². The van der Waals surface area contributed by atoms with Crippen molar-refractivity contribution in [3.63, 3.8) is 0 Å². The molecule has 1 heterocycles. The molecule has 0 aromatic heterocycles. The van der Waals surface area contributed by atoms with Crippen LogP contribution < -0.4 is 10.2 Å². The molecule has 4 atom stereocenters. The molecule has 1 saturated carbocycles. The third kappa shape index (κ3) is 2.58. The summed E-state index contributed by atoms with van der Waals surface area (Å²) in [5.41, 5.74) is 1.93. The van der Waals surface area contributed by atoms with Crippen molar-refractivity contribution in [2.75, 3.05) is 4.90 Å². The highest BCUT2D eigenvalue weighted by Gasteiger charge is 2.59. The zero-order chi connectivity index (χ0) is 19.3. The lowest BCUT2D eigenvalue weighted by molar-refractivity contribution is -0.123. The second-order valence-corrected chi connectivity index (χ2v) is 7.73. The Bertz CT molecular complexity index is 968. The molecule has 0 radical (unpaired) electrons. The number of hydrogen-bond acceptors (Lipinski definition) is 3. The predicted molar refractivity (Wildman–Crippen MR) is 104 cm³/mol. The van der Waals surface area contributed by atoms with Gasteiger partial charge in [-0.25, -0.2) is 4.90 Å². The van der Waals surface area contributed by atoms with Crippen LogP contribution in [0.5, 0.6) is 0 Å². The Balaban J connectivity index is 1.35. The highest BCUT2D eigenvalue weighted by molar-refractivity contribution is 6.23. The number of nitrogens with zero attached hydrogens (tertiary/aromatic N) is 1. The molecule has 0 unspecified atom stereocenters. The molecule has 140 valence electrons. The fourth-order valence-electron chi connectivity index (χ4n) is 4.82. The van der Waals surface area contributed by atoms with Gasteiger partial charge in [0, 0.05) is 12.1 Å². The Morgan fingerprint density at radius 2 is 1.61 bits per heavy atom. The highest BCUT2D eigenvalue weighted by Crippen LogP contribution is 2.53. The van der Waals surface area contributed by atoms with Crippen molar-refractivity contribution in [2.45, 2.75) is 13.0 Å². The number of carbonyl (C=O) groups excluding carboxylic acids is 3. The quantitative estimate of drug-likeness (QED) is 0.663. The van der Waals surface area contributed by atoms with Gasteiger partial charge in [0.2, 0.25) is 11.8 Å². The van der Waals surface area contributed by atoms with Crippen LogP contribution in [0.4, 0.5) is 5.69 Å². The summed E-state index contributed by atoms with van der Waals surface area (Å²) >= 11 is 0. The molecule has 2 fully saturated rings. The number of rotatable bonds is 4. The van der Waals surface area contributed by atoms with Gasteiger partial charge in [0.05, 0.1) is 17.5 Å². The van der Waals surface area contributed by atoms with Crippen molar-refractivity contribution in [3.05, 3.63) is 77.9 Å². The van der Waals surface area contributed by atoms with Gasteiger partial charge in [-0.05, 0) is 42.0 Å². The lowest BCUT2D eigenvalue weighted by atomic mass is 9.85. The Morgan fingerprint density at radius 3 is 2.29 bits per heavy atom. The van der Waals surface area contributed by atoms with E-state index >= 15 is 0 Å². The lowest BCUT2D eigenvalue weighted by Crippen LogP contribution is -2.33. The molecule has 2 aromatic carbocycles. The first-order chi connectivity index (χ1) is 13.6. The van der Waals surface area contributed by atoms with Crippen LogP contribution in [-0.2, 0) is 16.1 Å². The maximum Gasteiger partial charge on any atom is 0.251 e. The van der Waals surface area contributed by atoms with E-state index in [0.717, 1.165) is 12.0 Å². The zero-order valence-corrected chi connectivity index (χ0v) is 15.2. The number of hydrogen-bond donors (Lipinski definition) is 1. The summed E-state index contributed by atoms with van der Waals surface area (Å²) in [6.07, 6.45) is 5.06. The summed E-state index contributed by atoms with van der Waals surface area (Å²) in [4.78, 5) is 39.7. The predicted octanol–water partition coefficient (Wildman–Crippen LogP) is 2.93. The summed E-state index contributed by atoms with van der Waals surface area (Å²) in [6, 6.07) is 16.4. The smallest absolute Gasteiger partial charge is 0.251 e. The average molecular weight is 372 g/mol. The van der Waals surface area contributed by atoms with Crippen LogP contribution in [0.25, 0.3) is 0 Å². The first-order valence-electron chi connectivity index (χ1n) is 9.62. The number of anilines is 1. The standard InChI is InChI=1S/C23H20N2O3/c26-21(24-13-14-5-2-1-3-6-14)17-7-4-8-18(12-17)25-22(27)19-15-9-10-16(11-15)20(19)23(25)28/h1-10,12,15-16,19-20H,11,13H2,(H,24,26)/t15-,16-,19+,20+/m0/s1. The van der Waals surface area contributed by atoms with E-state index in [-0.39, 0.29) is 41.4 Å². The zero-order valence-electron chi connectivity index (χ0n) is 15.2. The van der Waals surface area contributed by atoms with Crippen molar-refractivity contribution >= 4 is 23.4 Å². The van der Waals surface area contributed by atoms with Crippen LogP contribution in [0.1, 0.15) is 22.3 Å². The number of nitrogens with one attached hydrogen (secondary N) is 1. The lowest BCUT2D eigenvalue weighted by Gasteiger charge is -2.18. The topological polar surface area (TPSA) is 66.5 Å². The summed E-state index contributed by atoms with van der Waals surface area (Å²) < 4.78 is 0. The van der Waals surface area contributed by atoms with E-state index in [4.69, 9.17) is 0 Å². The Hall–Kier alpha value is -3.21. The number of fused-ring (bicyclic) bond motifs is 5. The fourth-order valence-corrected chi connectivity index (χ4v) is 4.82. The molecule has 2 aromatic rings. The van der Waals surface area contributed by atoms with Gasteiger partial charge in [-0.3, -0.25) is 14.4 Å². The van der Waals surface area contributed by atoms with E-state index in [1.165, 1.54) is 4.90 Å². The van der Waals surface area contributed by atoms with Crippen molar-refractivity contribution < 1.29 is 14.4 Å². The molecule has 3 amide bonds. The van der Waals surface area contributed by atoms with E-state index in [0.29, 0.717) is 17.8 Å². The number of benzene rings is 2. The Labute approximate surface area is 163 Å². The summed E-state index contributed by atoms with van der Waals surface area (Å²) in [5, 5.41) is 2.88. The molecular weight excluding hydrogens is 352 g/mol. The monoisotopic (exact) mass is 372 g/mol. The first kappa shape index (κ1) is 16.9. The molecule has 5 nitrogen and oxygen atoms in total. The van der Waals surface area contributed by atoms with E-state index in [1.54, 1.807) is 24.3 Å². The van der Waals surface area contributed by atoms with Crippen LogP contribution >= 0.6 is 0 Å². The van der Waals surface area contributed by atoms with E-state index < -0.39 is 0 Å². The van der Waals surface area contributed by atoms with Crippen LogP contribution in [0, 0.1) is 23.7 Å². The van der Waals surface area contributed by atoms with Crippen molar-refractivity contribution in [1.82, 2.24) is 5.32 Å². The molecule has 1 saturated heterocycles. The van der Waals surface area contributed by atoms with Crippen LogP contribution in [0.3, 0.4) is 0 Å². The molecular formula is C23H20N2O3. The van der Waals surface area contributed by atoms with Gasteiger partial charge < -0.3 is 5.32 Å². The number of carbonyl (C=O) groups is 3. The maximum atomic E-state index is 13.0. The molecule has 1 aliphatic heterocycles. The van der Waals surface area contributed by atoms with E-state index in [2.05, 4.69) is 17.5 Å². The van der Waals surface area contributed by atoms with Crippen LogP contribution in [0.15, 0.2) is 66.7 Å². The normalized spacial score (nSPS) is 27.4. The highest BCUT2D eigenvalue weighted by atomic mass is 16.2. The van der Waals surface area contributed by atoms with Gasteiger partial charge in [-0.1, -0.05) is 48.6 Å². The minimum atomic E-state index is -0.238. The van der Waals surface area contributed by atoms with Crippen molar-refractivity contribution in [3.8, 4) is 0 Å². The van der Waals surface area contributed by atoms with Crippen LogP contribution in [-0.4, -0.2) is 17.7 Å². The fraction of sp³-hybridized carbons (Fsp3) is 0.261. The SMILES string of the molecule is O=C(NCc1ccccc1)c1cccc(N2C(=O)[C@H]3[C@H](C2=O)[C@H]2C=C[C@H]3C2)c1. The summed E-state index contributed by atoms with van der Waals surface area (Å²) in [6.45, 7) is 0.421. The first-order valence-corrected chi connectivity index (χ1v) is 9.62. The maximum absolute atomic E-state index is 13.0. The molecule has 2 bridgehead atoms. The Morgan fingerprint density at radius 1 is 0.929 bits per heavy atom. The van der Waals surface area contributed by atoms with Gasteiger partial charge in [0.15, 0.2) is 0 Å². The minimum absolute atomic E-state index is 0.131. The van der Waals surface area contributed by atoms with Crippen molar-refractivity contribution in [1.29, 1.82) is 0 Å². The summed E-state index contributed by atoms with van der Waals surface area (Å²) in [7, 11) is 0. The molecule has 2 aliphatic carbocycles. The second kappa shape index (κ2) is 6.44. The largest absolute Gasteiger partial charge is 0.348 e. The third-order valence-corrected chi connectivity index (χ3v) is 6.13. The third-order valence-electron chi connectivity index (χ3n) is 6.13. The van der Waals surface area contributed by atoms with E-state index in [9.17, 15) is 14.4 Å².